The lowest BCUT2D eigenvalue weighted by molar-refractivity contribution is -0.130. The number of hydrogen-bond donors (Lipinski definition) is 0. The van der Waals surface area contributed by atoms with Crippen molar-refractivity contribution in [1.29, 1.82) is 0 Å². The summed E-state index contributed by atoms with van der Waals surface area (Å²) in [6, 6.07) is 5.87. The molecule has 0 saturated carbocycles. The first kappa shape index (κ1) is 19.7. The number of amides is 1. The molecule has 1 amide bonds. The molecule has 1 aromatic carbocycles. The number of likely N-dealkylation sites (tertiary alicyclic amines) is 1. The van der Waals surface area contributed by atoms with Crippen LogP contribution in [0.2, 0.25) is 0 Å². The van der Waals surface area contributed by atoms with Crippen LogP contribution in [-0.4, -0.2) is 64.3 Å². The Bertz CT molecular complexity index is 859. The average molecular weight is 399 g/mol. The van der Waals surface area contributed by atoms with Gasteiger partial charge in [0.25, 0.3) is 0 Å². The lowest BCUT2D eigenvalue weighted by atomic mass is 9.97. The van der Waals surface area contributed by atoms with Crippen LogP contribution in [0.15, 0.2) is 18.2 Å². The SMILES string of the molecule is COc1cccc(OC)c1CN1CCn2c(nnc2[C@@H]2CCCN(C(C)=O)C2)C1. The summed E-state index contributed by atoms with van der Waals surface area (Å²) in [5, 5.41) is 9.01. The number of nitrogens with zero attached hydrogens (tertiary/aromatic N) is 5. The molecule has 2 aromatic rings. The summed E-state index contributed by atoms with van der Waals surface area (Å²) in [7, 11) is 3.37. The molecule has 29 heavy (non-hydrogen) atoms. The van der Waals surface area contributed by atoms with Crippen molar-refractivity contribution in [2.75, 3.05) is 33.9 Å². The van der Waals surface area contributed by atoms with Crippen molar-refractivity contribution in [3.8, 4) is 11.5 Å². The van der Waals surface area contributed by atoms with Gasteiger partial charge in [-0.25, -0.2) is 0 Å². The Kier molecular flexibility index (Phi) is 5.71. The zero-order valence-electron chi connectivity index (χ0n) is 17.4. The van der Waals surface area contributed by atoms with Crippen LogP contribution in [0.25, 0.3) is 0 Å². The van der Waals surface area contributed by atoms with E-state index in [4.69, 9.17) is 9.47 Å². The number of fused-ring (bicyclic) bond motifs is 1. The number of methoxy groups -OCH3 is 2. The number of carbonyl (C=O) groups is 1. The van der Waals surface area contributed by atoms with Crippen LogP contribution in [0.3, 0.4) is 0 Å². The van der Waals surface area contributed by atoms with E-state index in [0.29, 0.717) is 0 Å². The molecule has 0 N–H and O–H groups in total. The Morgan fingerprint density at radius 1 is 1.14 bits per heavy atom. The maximum atomic E-state index is 11.8. The molecule has 1 fully saturated rings. The number of rotatable bonds is 5. The molecule has 1 atom stereocenters. The van der Waals surface area contributed by atoms with E-state index in [1.807, 2.05) is 23.1 Å². The standard InChI is InChI=1S/C21H29N5O3/c1-15(27)25-9-5-6-16(12-25)21-23-22-20-14-24(10-11-26(20)21)13-17-18(28-2)7-4-8-19(17)29-3/h4,7-8,16H,5-6,9-14H2,1-3H3/t16-/m1/s1. The van der Waals surface area contributed by atoms with E-state index in [1.165, 1.54) is 0 Å². The first-order valence-electron chi connectivity index (χ1n) is 10.2. The van der Waals surface area contributed by atoms with Gasteiger partial charge >= 0.3 is 0 Å². The average Bonchev–Trinajstić information content (AvgIpc) is 3.17. The zero-order chi connectivity index (χ0) is 20.4. The molecule has 2 aliphatic rings. The molecule has 8 nitrogen and oxygen atoms in total. The normalized spacial score (nSPS) is 19.7. The third kappa shape index (κ3) is 3.94. The summed E-state index contributed by atoms with van der Waals surface area (Å²) < 4.78 is 13.3. The van der Waals surface area contributed by atoms with E-state index in [-0.39, 0.29) is 11.8 Å². The molecule has 3 heterocycles. The van der Waals surface area contributed by atoms with E-state index < -0.39 is 0 Å². The number of hydrogen-bond acceptors (Lipinski definition) is 6. The Morgan fingerprint density at radius 3 is 2.59 bits per heavy atom. The van der Waals surface area contributed by atoms with E-state index >= 15 is 0 Å². The third-order valence-electron chi connectivity index (χ3n) is 6.00. The second-order valence-corrected chi connectivity index (χ2v) is 7.78. The van der Waals surface area contributed by atoms with Crippen molar-refractivity contribution in [3.63, 3.8) is 0 Å². The Balaban J connectivity index is 1.49. The van der Waals surface area contributed by atoms with E-state index in [9.17, 15) is 4.79 Å². The molecule has 0 radical (unpaired) electrons. The topological polar surface area (TPSA) is 72.7 Å². The molecule has 0 unspecified atom stereocenters. The highest BCUT2D eigenvalue weighted by Crippen LogP contribution is 2.32. The van der Waals surface area contributed by atoms with Crippen molar-refractivity contribution in [1.82, 2.24) is 24.6 Å². The zero-order valence-corrected chi connectivity index (χ0v) is 17.4. The molecule has 156 valence electrons. The molecular formula is C21H29N5O3. The molecule has 0 aliphatic carbocycles. The summed E-state index contributed by atoms with van der Waals surface area (Å²) in [4.78, 5) is 16.1. The van der Waals surface area contributed by atoms with Gasteiger partial charge in [-0.05, 0) is 25.0 Å². The van der Waals surface area contributed by atoms with Gasteiger partial charge in [0, 0.05) is 45.6 Å². The first-order valence-corrected chi connectivity index (χ1v) is 10.2. The monoisotopic (exact) mass is 399 g/mol. The van der Waals surface area contributed by atoms with Crippen LogP contribution in [0.1, 0.15) is 42.9 Å². The van der Waals surface area contributed by atoms with Crippen molar-refractivity contribution < 1.29 is 14.3 Å². The first-order chi connectivity index (χ1) is 14.1. The van der Waals surface area contributed by atoms with Crippen molar-refractivity contribution in [3.05, 3.63) is 35.4 Å². The van der Waals surface area contributed by atoms with Gasteiger partial charge in [-0.2, -0.15) is 0 Å². The summed E-state index contributed by atoms with van der Waals surface area (Å²) in [6.45, 7) is 6.46. The fourth-order valence-corrected chi connectivity index (χ4v) is 4.45. The van der Waals surface area contributed by atoms with Gasteiger partial charge in [-0.1, -0.05) is 6.07 Å². The fourth-order valence-electron chi connectivity index (χ4n) is 4.45. The molecule has 1 saturated heterocycles. The van der Waals surface area contributed by atoms with Gasteiger partial charge in [0.05, 0.1) is 26.3 Å². The van der Waals surface area contributed by atoms with Gasteiger partial charge in [0.15, 0.2) is 0 Å². The molecule has 1 aromatic heterocycles. The minimum absolute atomic E-state index is 0.144. The van der Waals surface area contributed by atoms with Crippen molar-refractivity contribution in [2.45, 2.75) is 45.3 Å². The Hall–Kier alpha value is -2.61. The van der Waals surface area contributed by atoms with E-state index in [1.54, 1.807) is 21.1 Å². The number of aromatic nitrogens is 3. The number of benzene rings is 1. The number of piperidine rings is 1. The molecular weight excluding hydrogens is 370 g/mol. The minimum Gasteiger partial charge on any atom is -0.496 e. The predicted molar refractivity (Wildman–Crippen MR) is 108 cm³/mol. The largest absolute Gasteiger partial charge is 0.496 e. The lowest BCUT2D eigenvalue weighted by Crippen LogP contribution is -2.39. The molecule has 4 rings (SSSR count). The van der Waals surface area contributed by atoms with Crippen LogP contribution in [0.4, 0.5) is 0 Å². The van der Waals surface area contributed by atoms with Gasteiger partial charge in [-0.3, -0.25) is 9.69 Å². The van der Waals surface area contributed by atoms with Gasteiger partial charge in [-0.15, -0.1) is 10.2 Å². The summed E-state index contributed by atoms with van der Waals surface area (Å²) in [5.74, 6) is 4.10. The predicted octanol–water partition coefficient (Wildman–Crippen LogP) is 2.04. The van der Waals surface area contributed by atoms with E-state index in [0.717, 1.165) is 80.8 Å². The van der Waals surface area contributed by atoms with Gasteiger partial charge in [0.1, 0.15) is 23.1 Å². The van der Waals surface area contributed by atoms with Crippen LogP contribution in [0.5, 0.6) is 11.5 Å². The molecule has 0 spiro atoms. The third-order valence-corrected chi connectivity index (χ3v) is 6.00. The second-order valence-electron chi connectivity index (χ2n) is 7.78. The van der Waals surface area contributed by atoms with Crippen LogP contribution >= 0.6 is 0 Å². The lowest BCUT2D eigenvalue weighted by Gasteiger charge is -2.33. The molecule has 8 heteroatoms. The van der Waals surface area contributed by atoms with Crippen LogP contribution in [-0.2, 0) is 24.4 Å². The molecule has 2 aliphatic heterocycles. The summed E-state index contributed by atoms with van der Waals surface area (Å²) in [5.41, 5.74) is 1.05. The second kappa shape index (κ2) is 8.41. The van der Waals surface area contributed by atoms with Crippen molar-refractivity contribution in [2.24, 2.45) is 0 Å². The molecule has 0 bridgehead atoms. The quantitative estimate of drug-likeness (QED) is 0.766. The highest BCUT2D eigenvalue weighted by Gasteiger charge is 2.30. The summed E-state index contributed by atoms with van der Waals surface area (Å²) in [6.07, 6.45) is 2.08. The minimum atomic E-state index is 0.144. The maximum Gasteiger partial charge on any atom is 0.219 e. The van der Waals surface area contributed by atoms with Gasteiger partial charge < -0.3 is 18.9 Å². The van der Waals surface area contributed by atoms with Gasteiger partial charge in [0.2, 0.25) is 5.91 Å². The fraction of sp³-hybridized carbons (Fsp3) is 0.571. The van der Waals surface area contributed by atoms with E-state index in [2.05, 4.69) is 19.7 Å². The Labute approximate surface area is 171 Å². The van der Waals surface area contributed by atoms with Crippen molar-refractivity contribution >= 4 is 5.91 Å². The number of carbonyl (C=O) groups excluding carboxylic acids is 1. The maximum absolute atomic E-state index is 11.8. The summed E-state index contributed by atoms with van der Waals surface area (Å²) >= 11 is 0. The highest BCUT2D eigenvalue weighted by molar-refractivity contribution is 5.73. The Morgan fingerprint density at radius 2 is 1.90 bits per heavy atom. The van der Waals surface area contributed by atoms with Crippen LogP contribution < -0.4 is 9.47 Å². The highest BCUT2D eigenvalue weighted by atomic mass is 16.5. The van der Waals surface area contributed by atoms with Crippen LogP contribution in [0, 0.1) is 0 Å². The number of ether oxygens (including phenoxy) is 2. The smallest absolute Gasteiger partial charge is 0.219 e.